The van der Waals surface area contributed by atoms with Crippen LogP contribution in [0.1, 0.15) is 19.3 Å². The summed E-state index contributed by atoms with van der Waals surface area (Å²) in [6.07, 6.45) is 5.09. The lowest BCUT2D eigenvalue weighted by Crippen LogP contribution is -2.21. The van der Waals surface area contributed by atoms with Gasteiger partial charge in [0, 0.05) is 13.0 Å². The van der Waals surface area contributed by atoms with Gasteiger partial charge in [0.05, 0.1) is 0 Å². The van der Waals surface area contributed by atoms with E-state index in [9.17, 15) is 4.79 Å². The van der Waals surface area contributed by atoms with Crippen LogP contribution in [0.15, 0.2) is 0 Å². The van der Waals surface area contributed by atoms with Crippen LogP contribution >= 0.6 is 11.8 Å². The number of hydrogen-bond donors (Lipinski definition) is 1. The lowest BCUT2D eigenvalue weighted by Gasteiger charge is -2.09. The molecule has 1 N–H and O–H groups in total. The molecule has 1 rings (SSSR count). The van der Waals surface area contributed by atoms with E-state index >= 15 is 0 Å². The molecule has 0 aromatic heterocycles. The molecular weight excluding hydrogens is 158 g/mol. The molecule has 0 spiro atoms. The van der Waals surface area contributed by atoms with Crippen LogP contribution in [0.2, 0.25) is 0 Å². The van der Waals surface area contributed by atoms with Gasteiger partial charge in [0.1, 0.15) is 0 Å². The van der Waals surface area contributed by atoms with Crippen molar-refractivity contribution in [3.63, 3.8) is 0 Å². The SMILES string of the molecule is CSCC1CCNC(=O)CC1. The van der Waals surface area contributed by atoms with Crippen molar-refractivity contribution in [2.75, 3.05) is 18.6 Å². The minimum Gasteiger partial charge on any atom is -0.356 e. The fourth-order valence-electron chi connectivity index (χ4n) is 1.39. The van der Waals surface area contributed by atoms with Crippen LogP contribution in [0.5, 0.6) is 0 Å². The van der Waals surface area contributed by atoms with Crippen molar-refractivity contribution < 1.29 is 4.79 Å². The van der Waals surface area contributed by atoms with Crippen molar-refractivity contribution >= 4 is 17.7 Å². The van der Waals surface area contributed by atoms with Gasteiger partial charge in [0.25, 0.3) is 0 Å². The van der Waals surface area contributed by atoms with Gasteiger partial charge in [0.15, 0.2) is 0 Å². The molecule has 1 saturated heterocycles. The third-order valence-electron chi connectivity index (χ3n) is 2.06. The summed E-state index contributed by atoms with van der Waals surface area (Å²) in [6.45, 7) is 0.879. The quantitative estimate of drug-likeness (QED) is 0.681. The van der Waals surface area contributed by atoms with Gasteiger partial charge >= 0.3 is 0 Å². The number of nitrogens with one attached hydrogen (secondary N) is 1. The van der Waals surface area contributed by atoms with Crippen LogP contribution in [0.4, 0.5) is 0 Å². The Morgan fingerprint density at radius 2 is 2.45 bits per heavy atom. The van der Waals surface area contributed by atoms with Crippen LogP contribution < -0.4 is 5.32 Å². The summed E-state index contributed by atoms with van der Waals surface area (Å²) in [5.74, 6) is 2.19. The molecule has 0 saturated carbocycles. The Balaban J connectivity index is 2.28. The summed E-state index contributed by atoms with van der Waals surface area (Å²) in [5, 5.41) is 2.88. The van der Waals surface area contributed by atoms with Gasteiger partial charge in [0.2, 0.25) is 5.91 Å². The van der Waals surface area contributed by atoms with E-state index in [0.717, 1.165) is 31.7 Å². The van der Waals surface area contributed by atoms with Gasteiger partial charge in [-0.05, 0) is 30.8 Å². The smallest absolute Gasteiger partial charge is 0.220 e. The van der Waals surface area contributed by atoms with E-state index < -0.39 is 0 Å². The van der Waals surface area contributed by atoms with E-state index in [4.69, 9.17) is 0 Å². The topological polar surface area (TPSA) is 29.1 Å². The average molecular weight is 173 g/mol. The van der Waals surface area contributed by atoms with Crippen LogP contribution in [-0.2, 0) is 4.79 Å². The molecule has 1 amide bonds. The first-order valence-corrected chi connectivity index (χ1v) is 5.48. The molecule has 1 unspecified atom stereocenters. The second-order valence-corrected chi connectivity index (χ2v) is 3.91. The van der Waals surface area contributed by atoms with Gasteiger partial charge in [-0.25, -0.2) is 0 Å². The summed E-state index contributed by atoms with van der Waals surface area (Å²) < 4.78 is 0. The number of rotatable bonds is 2. The summed E-state index contributed by atoms with van der Waals surface area (Å²) in [5.41, 5.74) is 0. The minimum atomic E-state index is 0.230. The Bertz CT molecular complexity index is 138. The fraction of sp³-hybridized carbons (Fsp3) is 0.875. The zero-order valence-corrected chi connectivity index (χ0v) is 7.75. The highest BCUT2D eigenvalue weighted by molar-refractivity contribution is 7.98. The Hall–Kier alpha value is -0.180. The number of carbonyl (C=O) groups excluding carboxylic acids is 1. The molecule has 1 aliphatic rings. The zero-order chi connectivity index (χ0) is 8.10. The molecule has 2 nitrogen and oxygen atoms in total. The highest BCUT2D eigenvalue weighted by Crippen LogP contribution is 2.17. The highest BCUT2D eigenvalue weighted by atomic mass is 32.2. The van der Waals surface area contributed by atoms with Crippen molar-refractivity contribution in [2.24, 2.45) is 5.92 Å². The molecule has 0 aromatic carbocycles. The molecule has 1 heterocycles. The van der Waals surface area contributed by atoms with Gasteiger partial charge in [-0.2, -0.15) is 11.8 Å². The molecule has 1 atom stereocenters. The van der Waals surface area contributed by atoms with Crippen molar-refractivity contribution in [3.8, 4) is 0 Å². The van der Waals surface area contributed by atoms with Crippen LogP contribution in [0, 0.1) is 5.92 Å². The van der Waals surface area contributed by atoms with E-state index in [2.05, 4.69) is 11.6 Å². The lowest BCUT2D eigenvalue weighted by molar-refractivity contribution is -0.120. The Kier molecular flexibility index (Phi) is 3.77. The van der Waals surface area contributed by atoms with E-state index in [1.54, 1.807) is 0 Å². The molecule has 1 fully saturated rings. The zero-order valence-electron chi connectivity index (χ0n) is 6.93. The predicted molar refractivity (Wildman–Crippen MR) is 48.7 cm³/mol. The maximum absolute atomic E-state index is 10.9. The van der Waals surface area contributed by atoms with E-state index in [-0.39, 0.29) is 5.91 Å². The highest BCUT2D eigenvalue weighted by Gasteiger charge is 2.14. The number of hydrogen-bond acceptors (Lipinski definition) is 2. The Morgan fingerprint density at radius 1 is 1.64 bits per heavy atom. The van der Waals surface area contributed by atoms with Gasteiger partial charge < -0.3 is 5.32 Å². The van der Waals surface area contributed by atoms with Gasteiger partial charge in [-0.15, -0.1) is 0 Å². The van der Waals surface area contributed by atoms with Crippen molar-refractivity contribution in [1.82, 2.24) is 5.32 Å². The monoisotopic (exact) mass is 173 g/mol. The van der Waals surface area contributed by atoms with Crippen molar-refractivity contribution in [1.29, 1.82) is 0 Å². The molecule has 3 heteroatoms. The fourth-order valence-corrected chi connectivity index (χ4v) is 2.19. The number of amides is 1. The minimum absolute atomic E-state index is 0.230. The summed E-state index contributed by atoms with van der Waals surface area (Å²) in [4.78, 5) is 10.9. The Morgan fingerprint density at radius 3 is 3.18 bits per heavy atom. The van der Waals surface area contributed by atoms with E-state index in [1.807, 2.05) is 11.8 Å². The first kappa shape index (κ1) is 8.91. The van der Waals surface area contributed by atoms with E-state index in [1.165, 1.54) is 5.75 Å². The third kappa shape index (κ3) is 3.14. The summed E-state index contributed by atoms with van der Waals surface area (Å²) in [7, 11) is 0. The first-order chi connectivity index (χ1) is 5.33. The largest absolute Gasteiger partial charge is 0.356 e. The van der Waals surface area contributed by atoms with Crippen LogP contribution in [-0.4, -0.2) is 24.5 Å². The lowest BCUT2D eigenvalue weighted by atomic mass is 10.0. The second kappa shape index (κ2) is 4.65. The average Bonchev–Trinajstić information content (AvgIpc) is 2.17. The van der Waals surface area contributed by atoms with Crippen molar-refractivity contribution in [2.45, 2.75) is 19.3 Å². The predicted octanol–water partition coefficient (Wildman–Crippen LogP) is 1.27. The third-order valence-corrected chi connectivity index (χ3v) is 2.86. The molecule has 0 aromatic rings. The maximum Gasteiger partial charge on any atom is 0.220 e. The van der Waals surface area contributed by atoms with Crippen LogP contribution in [0.3, 0.4) is 0 Å². The Labute approximate surface area is 72.1 Å². The van der Waals surface area contributed by atoms with Crippen molar-refractivity contribution in [3.05, 3.63) is 0 Å². The van der Waals surface area contributed by atoms with Gasteiger partial charge in [-0.3, -0.25) is 4.79 Å². The molecular formula is C8H15NOS. The molecule has 64 valence electrons. The molecule has 1 aliphatic heterocycles. The molecule has 0 bridgehead atoms. The summed E-state index contributed by atoms with van der Waals surface area (Å²) in [6, 6.07) is 0. The number of thioether (sulfide) groups is 1. The maximum atomic E-state index is 10.9. The normalized spacial score (nSPS) is 25.9. The number of carbonyl (C=O) groups is 1. The molecule has 0 radical (unpaired) electrons. The molecule has 0 aliphatic carbocycles. The second-order valence-electron chi connectivity index (χ2n) is 3.00. The molecule has 11 heavy (non-hydrogen) atoms. The van der Waals surface area contributed by atoms with Gasteiger partial charge in [-0.1, -0.05) is 0 Å². The standard InChI is InChI=1S/C8H15NOS/c1-11-6-7-2-3-8(10)9-5-4-7/h7H,2-6H2,1H3,(H,9,10). The van der Waals surface area contributed by atoms with Crippen LogP contribution in [0.25, 0.3) is 0 Å². The first-order valence-electron chi connectivity index (χ1n) is 4.08. The summed E-state index contributed by atoms with van der Waals surface area (Å²) >= 11 is 1.88. The van der Waals surface area contributed by atoms with E-state index in [0.29, 0.717) is 0 Å².